The Hall–Kier alpha value is -1.49. The summed E-state index contributed by atoms with van der Waals surface area (Å²) in [7, 11) is -3.99. The number of imide groups is 1. The van der Waals surface area contributed by atoms with Crippen molar-refractivity contribution in [2.45, 2.75) is 39.5 Å². The second-order valence-corrected chi connectivity index (χ2v) is 7.16. The number of hydrogen-bond acceptors (Lipinski definition) is 5. The molecule has 0 aromatic heterocycles. The summed E-state index contributed by atoms with van der Waals surface area (Å²) in [5, 5.41) is 0. The first-order valence-electron chi connectivity index (χ1n) is 7.92. The topological polar surface area (TPSA) is 72.9 Å². The number of nitrogens with zero attached hydrogens (tertiary/aromatic N) is 1. The highest BCUT2D eigenvalue weighted by Crippen LogP contribution is 2.55. The van der Waals surface area contributed by atoms with Gasteiger partial charge in [0.1, 0.15) is 0 Å². The Morgan fingerprint density at radius 2 is 1.35 bits per heavy atom. The van der Waals surface area contributed by atoms with Gasteiger partial charge in [-0.3, -0.25) is 18.6 Å². The van der Waals surface area contributed by atoms with Crippen molar-refractivity contribution in [2.75, 3.05) is 13.2 Å². The largest absolute Gasteiger partial charge is 0.444 e. The lowest BCUT2D eigenvalue weighted by Crippen LogP contribution is -2.29. The van der Waals surface area contributed by atoms with Crippen LogP contribution >= 0.6 is 7.75 Å². The molecule has 2 rings (SSSR count). The van der Waals surface area contributed by atoms with E-state index in [-0.39, 0.29) is 24.3 Å². The number of carbonyl (C=O) groups excluding carboxylic acids is 2. The van der Waals surface area contributed by atoms with E-state index in [0.717, 1.165) is 12.8 Å². The van der Waals surface area contributed by atoms with E-state index < -0.39 is 19.6 Å². The van der Waals surface area contributed by atoms with Crippen LogP contribution in [0.15, 0.2) is 24.3 Å². The molecule has 0 spiro atoms. The van der Waals surface area contributed by atoms with Crippen LogP contribution in [0, 0.1) is 0 Å². The fraction of sp³-hybridized carbons (Fsp3) is 0.500. The molecule has 1 aliphatic heterocycles. The van der Waals surface area contributed by atoms with Crippen molar-refractivity contribution >= 4 is 19.6 Å². The lowest BCUT2D eigenvalue weighted by atomic mass is 10.1. The van der Waals surface area contributed by atoms with E-state index in [9.17, 15) is 14.2 Å². The average molecular weight is 339 g/mol. The van der Waals surface area contributed by atoms with Crippen LogP contribution < -0.4 is 0 Å². The normalized spacial score (nSPS) is 14.4. The molecule has 0 saturated carbocycles. The maximum Gasteiger partial charge on any atom is 0.444 e. The van der Waals surface area contributed by atoms with E-state index in [2.05, 4.69) is 0 Å². The van der Waals surface area contributed by atoms with Gasteiger partial charge in [0.2, 0.25) is 0 Å². The summed E-state index contributed by atoms with van der Waals surface area (Å²) >= 11 is 0. The highest BCUT2D eigenvalue weighted by Gasteiger charge is 2.48. The molecule has 0 radical (unpaired) electrons. The molecule has 0 atom stereocenters. The average Bonchev–Trinajstić information content (AvgIpc) is 2.80. The maximum atomic E-state index is 13.1. The number of benzene rings is 1. The molecule has 0 saturated heterocycles. The number of amides is 2. The Kier molecular flexibility index (Phi) is 6.10. The third-order valence-electron chi connectivity index (χ3n) is 3.52. The zero-order chi connectivity index (χ0) is 16.9. The Bertz CT molecular complexity index is 582. The third-order valence-corrected chi connectivity index (χ3v) is 5.39. The van der Waals surface area contributed by atoms with Crippen molar-refractivity contribution < 1.29 is 23.2 Å². The molecule has 0 N–H and O–H groups in total. The number of rotatable bonds is 9. The standard InChI is InChI=1S/C16H22NO5P/c1-3-5-11-21-23(20,22-12-6-4-2)17-15(18)13-9-7-8-10-14(13)16(17)19/h7-10H,3-6,11-12H2,1-2H3. The van der Waals surface area contributed by atoms with Gasteiger partial charge in [0.25, 0.3) is 11.8 Å². The number of unbranched alkanes of at least 4 members (excludes halogenated alkanes) is 2. The van der Waals surface area contributed by atoms with Crippen LogP contribution in [0.3, 0.4) is 0 Å². The summed E-state index contributed by atoms with van der Waals surface area (Å²) in [5.74, 6) is -1.25. The van der Waals surface area contributed by atoms with Crippen molar-refractivity contribution in [2.24, 2.45) is 0 Å². The summed E-state index contributed by atoms with van der Waals surface area (Å²) in [6.45, 7) is 4.28. The molecular formula is C16H22NO5P. The monoisotopic (exact) mass is 339 g/mol. The van der Waals surface area contributed by atoms with E-state index in [4.69, 9.17) is 9.05 Å². The molecule has 23 heavy (non-hydrogen) atoms. The Morgan fingerprint density at radius 3 is 1.74 bits per heavy atom. The van der Waals surface area contributed by atoms with Crippen LogP contribution in [0.2, 0.25) is 0 Å². The fourth-order valence-electron chi connectivity index (χ4n) is 2.20. The zero-order valence-electron chi connectivity index (χ0n) is 13.5. The molecule has 126 valence electrons. The molecule has 7 heteroatoms. The molecule has 0 bridgehead atoms. The highest BCUT2D eigenvalue weighted by molar-refractivity contribution is 7.53. The van der Waals surface area contributed by atoms with Crippen LogP contribution in [-0.4, -0.2) is 29.7 Å². The molecular weight excluding hydrogens is 317 g/mol. The van der Waals surface area contributed by atoms with Gasteiger partial charge in [-0.1, -0.05) is 38.8 Å². The Balaban J connectivity index is 2.26. The summed E-state index contributed by atoms with van der Waals surface area (Å²) in [6, 6.07) is 6.40. The Morgan fingerprint density at radius 1 is 0.913 bits per heavy atom. The predicted octanol–water partition coefficient (Wildman–Crippen LogP) is 4.02. The molecule has 6 nitrogen and oxygen atoms in total. The van der Waals surface area contributed by atoms with Gasteiger partial charge < -0.3 is 0 Å². The first-order valence-corrected chi connectivity index (χ1v) is 9.42. The summed E-state index contributed by atoms with van der Waals surface area (Å²) in [6.07, 6.45) is 3.03. The minimum absolute atomic E-state index is 0.174. The number of hydrogen-bond donors (Lipinski definition) is 0. The molecule has 0 fully saturated rings. The van der Waals surface area contributed by atoms with E-state index in [0.29, 0.717) is 17.5 Å². The van der Waals surface area contributed by atoms with Gasteiger partial charge in [-0.2, -0.15) is 4.67 Å². The molecule has 1 heterocycles. The lowest BCUT2D eigenvalue weighted by molar-refractivity contribution is 0.0685. The van der Waals surface area contributed by atoms with Crippen molar-refractivity contribution in [3.05, 3.63) is 35.4 Å². The van der Waals surface area contributed by atoms with E-state index in [1.165, 1.54) is 12.1 Å². The summed E-state index contributed by atoms with van der Waals surface area (Å²) in [4.78, 5) is 25.0. The van der Waals surface area contributed by atoms with Crippen LogP contribution in [0.25, 0.3) is 0 Å². The summed E-state index contributed by atoms with van der Waals surface area (Å²) in [5.41, 5.74) is 0.465. The van der Waals surface area contributed by atoms with Crippen molar-refractivity contribution in [3.8, 4) is 0 Å². The molecule has 0 unspecified atom stereocenters. The van der Waals surface area contributed by atoms with Gasteiger partial charge in [0.05, 0.1) is 24.3 Å². The second-order valence-electron chi connectivity index (χ2n) is 5.31. The van der Waals surface area contributed by atoms with Crippen molar-refractivity contribution in [3.63, 3.8) is 0 Å². The fourth-order valence-corrected chi connectivity index (χ4v) is 3.89. The third kappa shape index (κ3) is 3.71. The van der Waals surface area contributed by atoms with Gasteiger partial charge in [0.15, 0.2) is 0 Å². The van der Waals surface area contributed by atoms with Crippen molar-refractivity contribution in [1.29, 1.82) is 0 Å². The van der Waals surface area contributed by atoms with Gasteiger partial charge in [0, 0.05) is 0 Å². The Labute approximate surface area is 136 Å². The second kappa shape index (κ2) is 7.86. The lowest BCUT2D eigenvalue weighted by Gasteiger charge is -2.25. The summed E-state index contributed by atoms with van der Waals surface area (Å²) < 4.78 is 24.5. The quantitative estimate of drug-likeness (QED) is 0.386. The van der Waals surface area contributed by atoms with Gasteiger partial charge in [-0.05, 0) is 25.0 Å². The maximum absolute atomic E-state index is 13.1. The first kappa shape index (κ1) is 17.9. The minimum atomic E-state index is -3.99. The van der Waals surface area contributed by atoms with Crippen molar-refractivity contribution in [1.82, 2.24) is 4.67 Å². The molecule has 0 aliphatic carbocycles. The van der Waals surface area contributed by atoms with E-state index >= 15 is 0 Å². The molecule has 1 aliphatic rings. The SMILES string of the molecule is CCCCOP(=O)(OCCCC)N1C(=O)c2ccccc2C1=O. The molecule has 1 aromatic carbocycles. The van der Waals surface area contributed by atoms with Gasteiger partial charge in [-0.15, -0.1) is 0 Å². The van der Waals surface area contributed by atoms with Crippen LogP contribution in [-0.2, 0) is 13.6 Å². The smallest absolute Gasteiger partial charge is 0.292 e. The molecule has 1 aromatic rings. The van der Waals surface area contributed by atoms with E-state index in [1.54, 1.807) is 12.1 Å². The van der Waals surface area contributed by atoms with Crippen LogP contribution in [0.4, 0.5) is 0 Å². The highest BCUT2D eigenvalue weighted by atomic mass is 31.2. The number of carbonyl (C=O) groups is 2. The van der Waals surface area contributed by atoms with Gasteiger partial charge >= 0.3 is 7.75 Å². The van der Waals surface area contributed by atoms with E-state index in [1.807, 2.05) is 13.8 Å². The molecule has 2 amide bonds. The first-order chi connectivity index (χ1) is 11.0. The zero-order valence-corrected chi connectivity index (χ0v) is 14.4. The minimum Gasteiger partial charge on any atom is -0.292 e. The van der Waals surface area contributed by atoms with Crippen LogP contribution in [0.5, 0.6) is 0 Å². The van der Waals surface area contributed by atoms with Crippen LogP contribution in [0.1, 0.15) is 60.2 Å². The predicted molar refractivity (Wildman–Crippen MR) is 86.3 cm³/mol. The van der Waals surface area contributed by atoms with Gasteiger partial charge in [-0.25, -0.2) is 4.57 Å². The number of fused-ring (bicyclic) bond motifs is 1.